The third kappa shape index (κ3) is 5.79. The lowest BCUT2D eigenvalue weighted by molar-refractivity contribution is 0.0526. The number of benzene rings is 3. The molecule has 3 aromatic rings. The van der Waals surface area contributed by atoms with Crippen molar-refractivity contribution < 1.29 is 13.9 Å². The first-order valence-electron chi connectivity index (χ1n) is 11.7. The number of hydrogen-bond acceptors (Lipinski definition) is 4. The Morgan fingerprint density at radius 2 is 1.52 bits per heavy atom. The number of nitrogens with zero attached hydrogens (tertiary/aromatic N) is 2. The van der Waals surface area contributed by atoms with Gasteiger partial charge in [0.15, 0.2) is 0 Å². The lowest BCUT2D eigenvalue weighted by atomic mass is 9.88. The number of carbonyl (C=O) groups is 1. The third-order valence-electron chi connectivity index (χ3n) is 6.31. The van der Waals surface area contributed by atoms with Gasteiger partial charge in [-0.15, -0.1) is 0 Å². The molecular formula is C28H31FN2O2. The summed E-state index contributed by atoms with van der Waals surface area (Å²) in [4.78, 5) is 16.4. The first-order chi connectivity index (χ1) is 16.2. The molecule has 5 heteroatoms. The van der Waals surface area contributed by atoms with Gasteiger partial charge >= 0.3 is 5.97 Å². The molecule has 0 aliphatic carbocycles. The zero-order valence-corrected chi connectivity index (χ0v) is 19.1. The molecule has 172 valence electrons. The van der Waals surface area contributed by atoms with Crippen LogP contribution >= 0.6 is 0 Å². The van der Waals surface area contributed by atoms with Gasteiger partial charge in [-0.05, 0) is 49.2 Å². The quantitative estimate of drug-likeness (QED) is 0.437. The number of esters is 1. The van der Waals surface area contributed by atoms with E-state index in [0.29, 0.717) is 11.6 Å². The summed E-state index contributed by atoms with van der Waals surface area (Å²) in [7, 11) is 0. The van der Waals surface area contributed by atoms with Crippen LogP contribution in [0.15, 0.2) is 78.9 Å². The van der Waals surface area contributed by atoms with Crippen LogP contribution in [0.4, 0.5) is 10.1 Å². The second kappa shape index (κ2) is 11.1. The molecule has 0 spiro atoms. The lowest BCUT2D eigenvalue weighted by Crippen LogP contribution is -2.47. The zero-order chi connectivity index (χ0) is 23.0. The summed E-state index contributed by atoms with van der Waals surface area (Å²) in [6.07, 6.45) is 1.04. The average Bonchev–Trinajstić information content (AvgIpc) is 2.86. The van der Waals surface area contributed by atoms with E-state index in [4.69, 9.17) is 4.74 Å². The number of carbonyl (C=O) groups excluding carboxylic acids is 1. The van der Waals surface area contributed by atoms with E-state index in [1.807, 2.05) is 0 Å². The van der Waals surface area contributed by atoms with Crippen molar-refractivity contribution in [3.05, 3.63) is 101 Å². The van der Waals surface area contributed by atoms with Crippen molar-refractivity contribution in [1.29, 1.82) is 0 Å². The van der Waals surface area contributed by atoms with Gasteiger partial charge in [0, 0.05) is 32.1 Å². The van der Waals surface area contributed by atoms with Crippen LogP contribution < -0.4 is 4.90 Å². The first-order valence-corrected chi connectivity index (χ1v) is 11.7. The van der Waals surface area contributed by atoms with Crippen molar-refractivity contribution in [3.8, 4) is 0 Å². The Balaban J connectivity index is 1.36. The Hall–Kier alpha value is -3.18. The van der Waals surface area contributed by atoms with Gasteiger partial charge in [0.1, 0.15) is 5.82 Å². The molecule has 0 saturated carbocycles. The summed E-state index contributed by atoms with van der Waals surface area (Å²) in [5, 5.41) is 0. The van der Waals surface area contributed by atoms with Crippen LogP contribution in [-0.4, -0.2) is 50.2 Å². The molecule has 4 rings (SSSR count). The van der Waals surface area contributed by atoms with Crippen LogP contribution in [0.5, 0.6) is 0 Å². The van der Waals surface area contributed by atoms with Gasteiger partial charge in [0.05, 0.1) is 17.9 Å². The molecule has 33 heavy (non-hydrogen) atoms. The van der Waals surface area contributed by atoms with E-state index in [1.165, 1.54) is 17.2 Å². The summed E-state index contributed by atoms with van der Waals surface area (Å²) in [5.74, 6) is -0.500. The van der Waals surface area contributed by atoms with Gasteiger partial charge in [-0.25, -0.2) is 9.18 Å². The van der Waals surface area contributed by atoms with E-state index >= 15 is 0 Å². The molecule has 0 aromatic heterocycles. The minimum atomic E-state index is -0.487. The summed E-state index contributed by atoms with van der Waals surface area (Å²) in [5.41, 5.74) is 3.48. The molecule has 1 fully saturated rings. The smallest absolute Gasteiger partial charge is 0.338 e. The van der Waals surface area contributed by atoms with E-state index in [9.17, 15) is 9.18 Å². The van der Waals surface area contributed by atoms with Crippen LogP contribution in [0.2, 0.25) is 0 Å². The molecule has 1 saturated heterocycles. The van der Waals surface area contributed by atoms with Gasteiger partial charge in [0.2, 0.25) is 0 Å². The molecule has 0 amide bonds. The Bertz CT molecular complexity index is 995. The fraction of sp³-hybridized carbons (Fsp3) is 0.321. The number of halogens is 1. The largest absolute Gasteiger partial charge is 0.462 e. The fourth-order valence-corrected chi connectivity index (χ4v) is 4.53. The van der Waals surface area contributed by atoms with Gasteiger partial charge in [-0.3, -0.25) is 4.90 Å². The van der Waals surface area contributed by atoms with Gasteiger partial charge < -0.3 is 9.64 Å². The molecule has 1 aliphatic heterocycles. The maximum Gasteiger partial charge on any atom is 0.338 e. The maximum atomic E-state index is 14.7. The SMILES string of the molecule is CCOC(=O)c1ccc(N2CCN(CCC(c3ccccc3)c3ccccc3)CC2)c(F)c1. The van der Waals surface area contributed by atoms with Crippen molar-refractivity contribution >= 4 is 11.7 Å². The number of piperazine rings is 1. The Morgan fingerprint density at radius 3 is 2.06 bits per heavy atom. The summed E-state index contributed by atoms with van der Waals surface area (Å²) in [6.45, 7) is 6.30. The van der Waals surface area contributed by atoms with Gasteiger partial charge in [0.25, 0.3) is 0 Å². The van der Waals surface area contributed by atoms with Crippen molar-refractivity contribution in [1.82, 2.24) is 4.90 Å². The van der Waals surface area contributed by atoms with E-state index in [0.717, 1.165) is 39.1 Å². The molecule has 1 aliphatic rings. The monoisotopic (exact) mass is 446 g/mol. The highest BCUT2D eigenvalue weighted by atomic mass is 19.1. The summed E-state index contributed by atoms with van der Waals surface area (Å²) >= 11 is 0. The normalized spacial score (nSPS) is 14.5. The minimum absolute atomic E-state index is 0.254. The van der Waals surface area contributed by atoms with Gasteiger partial charge in [-0.2, -0.15) is 0 Å². The molecule has 3 aromatic carbocycles. The van der Waals surface area contributed by atoms with Crippen LogP contribution in [0, 0.1) is 5.82 Å². The van der Waals surface area contributed by atoms with Gasteiger partial charge in [-0.1, -0.05) is 60.7 Å². The molecule has 4 nitrogen and oxygen atoms in total. The highest BCUT2D eigenvalue weighted by molar-refractivity contribution is 5.89. The van der Waals surface area contributed by atoms with E-state index in [-0.39, 0.29) is 18.0 Å². The van der Waals surface area contributed by atoms with Crippen LogP contribution in [-0.2, 0) is 4.74 Å². The molecule has 0 radical (unpaired) electrons. The van der Waals surface area contributed by atoms with Crippen LogP contribution in [0.3, 0.4) is 0 Å². The highest BCUT2D eigenvalue weighted by Gasteiger charge is 2.22. The number of rotatable bonds is 8. The molecule has 0 atom stereocenters. The molecule has 0 N–H and O–H groups in total. The molecular weight excluding hydrogens is 415 g/mol. The van der Waals surface area contributed by atoms with Crippen LogP contribution in [0.1, 0.15) is 40.7 Å². The Kier molecular flexibility index (Phi) is 7.74. The number of anilines is 1. The Morgan fingerprint density at radius 1 is 0.909 bits per heavy atom. The molecule has 1 heterocycles. The highest BCUT2D eigenvalue weighted by Crippen LogP contribution is 2.29. The standard InChI is InChI=1S/C28H31FN2O2/c1-2-33-28(32)24-13-14-27(26(29)21-24)31-19-17-30(18-20-31)16-15-25(22-9-5-3-6-10-22)23-11-7-4-8-12-23/h3-14,21,25H,2,15-20H2,1H3. The third-order valence-corrected chi connectivity index (χ3v) is 6.31. The first kappa shape index (κ1) is 23.0. The van der Waals surface area contributed by atoms with Crippen molar-refractivity contribution in [3.63, 3.8) is 0 Å². The van der Waals surface area contributed by atoms with Crippen molar-refractivity contribution in [2.45, 2.75) is 19.3 Å². The van der Waals surface area contributed by atoms with E-state index in [1.54, 1.807) is 19.1 Å². The average molecular weight is 447 g/mol. The fourth-order valence-electron chi connectivity index (χ4n) is 4.53. The second-order valence-electron chi connectivity index (χ2n) is 8.38. The lowest BCUT2D eigenvalue weighted by Gasteiger charge is -2.37. The van der Waals surface area contributed by atoms with Crippen molar-refractivity contribution in [2.75, 3.05) is 44.2 Å². The number of hydrogen-bond donors (Lipinski definition) is 0. The second-order valence-corrected chi connectivity index (χ2v) is 8.38. The zero-order valence-electron chi connectivity index (χ0n) is 19.1. The Labute approximate surface area is 195 Å². The summed E-state index contributed by atoms with van der Waals surface area (Å²) < 4.78 is 19.7. The molecule has 0 bridgehead atoms. The minimum Gasteiger partial charge on any atom is -0.462 e. The maximum absolute atomic E-state index is 14.7. The van der Waals surface area contributed by atoms with E-state index in [2.05, 4.69) is 70.5 Å². The topological polar surface area (TPSA) is 32.8 Å². The van der Waals surface area contributed by atoms with E-state index < -0.39 is 5.97 Å². The molecule has 0 unspecified atom stereocenters. The predicted octanol–water partition coefficient (Wildman–Crippen LogP) is 5.35. The van der Waals surface area contributed by atoms with Crippen molar-refractivity contribution in [2.24, 2.45) is 0 Å². The summed E-state index contributed by atoms with van der Waals surface area (Å²) in [6, 6.07) is 26.0. The van der Waals surface area contributed by atoms with Crippen LogP contribution in [0.25, 0.3) is 0 Å². The number of ether oxygens (including phenoxy) is 1. The predicted molar refractivity (Wildman–Crippen MR) is 130 cm³/mol.